The number of nitrogens with zero attached hydrogens (tertiary/aromatic N) is 2. The zero-order valence-corrected chi connectivity index (χ0v) is 13.8. The lowest BCUT2D eigenvalue weighted by Crippen LogP contribution is -2.41. The van der Waals surface area contributed by atoms with Crippen LogP contribution in [0.5, 0.6) is 0 Å². The summed E-state index contributed by atoms with van der Waals surface area (Å²) in [6, 6.07) is 5.75. The van der Waals surface area contributed by atoms with Gasteiger partial charge in [0.1, 0.15) is 0 Å². The summed E-state index contributed by atoms with van der Waals surface area (Å²) in [5, 5.41) is 17.0. The summed E-state index contributed by atoms with van der Waals surface area (Å²) in [6.45, 7) is 3.90. The van der Waals surface area contributed by atoms with Gasteiger partial charge in [0.05, 0.1) is 18.3 Å². The molecule has 2 aromatic rings. The Morgan fingerprint density at radius 3 is 2.52 bits per heavy atom. The van der Waals surface area contributed by atoms with Gasteiger partial charge in [-0.3, -0.25) is 9.48 Å². The first-order chi connectivity index (χ1) is 11.0. The van der Waals surface area contributed by atoms with Gasteiger partial charge >= 0.3 is 0 Å². The van der Waals surface area contributed by atoms with Crippen LogP contribution in [0, 0.1) is 19.8 Å². The summed E-state index contributed by atoms with van der Waals surface area (Å²) in [7, 11) is 1.86. The molecule has 122 valence electrons. The van der Waals surface area contributed by atoms with Crippen LogP contribution < -0.4 is 5.32 Å². The molecule has 1 atom stereocenters. The molecule has 1 heterocycles. The minimum atomic E-state index is -0.253. The quantitative estimate of drug-likeness (QED) is 0.910. The van der Waals surface area contributed by atoms with Crippen LogP contribution in [0.15, 0.2) is 30.6 Å². The number of aliphatic hydroxyl groups is 1. The second kappa shape index (κ2) is 6.16. The van der Waals surface area contributed by atoms with Crippen molar-refractivity contribution < 1.29 is 9.90 Å². The molecule has 1 aliphatic rings. The van der Waals surface area contributed by atoms with Crippen molar-refractivity contribution in [3.8, 4) is 0 Å². The van der Waals surface area contributed by atoms with Crippen LogP contribution in [0.3, 0.4) is 0 Å². The number of carbonyl (C=O) groups is 1. The number of aryl methyl sites for hydroxylation is 3. The van der Waals surface area contributed by atoms with Crippen LogP contribution in [0.25, 0.3) is 0 Å². The molecule has 5 heteroatoms. The van der Waals surface area contributed by atoms with Crippen molar-refractivity contribution in [3.63, 3.8) is 0 Å². The van der Waals surface area contributed by atoms with Crippen LogP contribution in [0.4, 0.5) is 0 Å². The minimum Gasteiger partial charge on any atom is -0.393 e. The lowest BCUT2D eigenvalue weighted by molar-refractivity contribution is 0.0235. The molecule has 1 aliphatic carbocycles. The van der Waals surface area contributed by atoms with E-state index < -0.39 is 0 Å². The van der Waals surface area contributed by atoms with Crippen molar-refractivity contribution in [1.82, 2.24) is 15.1 Å². The Balaban J connectivity index is 1.85. The number of rotatable bonds is 4. The average Bonchev–Trinajstić information content (AvgIpc) is 2.88. The number of amides is 1. The molecule has 1 aromatic heterocycles. The van der Waals surface area contributed by atoms with E-state index in [1.807, 2.05) is 45.3 Å². The van der Waals surface area contributed by atoms with Crippen LogP contribution in [0.1, 0.15) is 45.9 Å². The van der Waals surface area contributed by atoms with Crippen molar-refractivity contribution in [2.45, 2.75) is 38.8 Å². The number of hydrogen-bond donors (Lipinski definition) is 2. The molecule has 0 unspecified atom stereocenters. The van der Waals surface area contributed by atoms with Gasteiger partial charge in [-0.2, -0.15) is 5.10 Å². The second-order valence-corrected chi connectivity index (χ2v) is 6.55. The van der Waals surface area contributed by atoms with Gasteiger partial charge in [0, 0.05) is 24.4 Å². The number of nitrogens with one attached hydrogen (secondary N) is 1. The smallest absolute Gasteiger partial charge is 0.252 e. The average molecular weight is 313 g/mol. The summed E-state index contributed by atoms with van der Waals surface area (Å²) in [5.41, 5.74) is 3.67. The molecule has 1 fully saturated rings. The van der Waals surface area contributed by atoms with E-state index in [2.05, 4.69) is 10.4 Å². The van der Waals surface area contributed by atoms with E-state index in [9.17, 15) is 9.90 Å². The third-order valence-electron chi connectivity index (χ3n) is 4.70. The summed E-state index contributed by atoms with van der Waals surface area (Å²) in [6.07, 6.45) is 4.90. The molecular formula is C18H23N3O2. The van der Waals surface area contributed by atoms with Gasteiger partial charge in [-0.05, 0) is 43.7 Å². The fraction of sp³-hybridized carbons (Fsp3) is 0.444. The third-order valence-corrected chi connectivity index (χ3v) is 4.70. The molecule has 3 rings (SSSR count). The Hall–Kier alpha value is -2.14. The molecular weight excluding hydrogens is 290 g/mol. The maximum absolute atomic E-state index is 12.8. The van der Waals surface area contributed by atoms with Crippen LogP contribution >= 0.6 is 0 Å². The van der Waals surface area contributed by atoms with Gasteiger partial charge in [0.15, 0.2) is 0 Å². The molecule has 0 radical (unpaired) electrons. The summed E-state index contributed by atoms with van der Waals surface area (Å²) in [5.74, 6) is 0.193. The zero-order valence-electron chi connectivity index (χ0n) is 13.8. The standard InChI is InChI=1S/C18H23N3O2/c1-11-5-4-6-12(2)16(11)18(23)20-17(13-7-15(22)8-13)14-9-19-21(3)10-14/h4-6,9-10,13,15,17,22H,7-8H2,1-3H3,(H,20,23)/t13?,15?,17-/m1/s1. The van der Waals surface area contributed by atoms with E-state index in [0.29, 0.717) is 12.8 Å². The Kier molecular flexibility index (Phi) is 4.22. The SMILES string of the molecule is Cc1cccc(C)c1C(=O)N[C@@H](c1cnn(C)c1)C1CC(O)C1. The fourth-order valence-corrected chi connectivity index (χ4v) is 3.36. The fourth-order valence-electron chi connectivity index (χ4n) is 3.36. The van der Waals surface area contributed by atoms with Gasteiger partial charge in [-0.1, -0.05) is 18.2 Å². The summed E-state index contributed by atoms with van der Waals surface area (Å²) >= 11 is 0. The first kappa shape index (κ1) is 15.7. The molecule has 23 heavy (non-hydrogen) atoms. The van der Waals surface area contributed by atoms with E-state index in [0.717, 1.165) is 22.3 Å². The molecule has 0 spiro atoms. The minimum absolute atomic E-state index is 0.0594. The first-order valence-corrected chi connectivity index (χ1v) is 7.99. The number of benzene rings is 1. The highest BCUT2D eigenvalue weighted by molar-refractivity contribution is 5.97. The Morgan fingerprint density at radius 1 is 1.35 bits per heavy atom. The van der Waals surface area contributed by atoms with Gasteiger partial charge in [0.2, 0.25) is 0 Å². The van der Waals surface area contributed by atoms with E-state index in [-0.39, 0.29) is 24.0 Å². The normalized spacial score (nSPS) is 21.6. The van der Waals surface area contributed by atoms with Crippen molar-refractivity contribution >= 4 is 5.91 Å². The molecule has 2 N–H and O–H groups in total. The van der Waals surface area contributed by atoms with Gasteiger partial charge < -0.3 is 10.4 Å². The van der Waals surface area contributed by atoms with Crippen molar-refractivity contribution in [2.75, 3.05) is 0 Å². The highest BCUT2D eigenvalue weighted by atomic mass is 16.3. The number of aliphatic hydroxyl groups excluding tert-OH is 1. The molecule has 0 saturated heterocycles. The van der Waals surface area contributed by atoms with Crippen molar-refractivity contribution in [3.05, 3.63) is 52.8 Å². The van der Waals surface area contributed by atoms with Crippen molar-refractivity contribution in [2.24, 2.45) is 13.0 Å². The predicted octanol–water partition coefficient (Wildman–Crippen LogP) is 2.28. The Morgan fingerprint density at radius 2 is 2.00 bits per heavy atom. The van der Waals surface area contributed by atoms with E-state index >= 15 is 0 Å². The monoisotopic (exact) mass is 313 g/mol. The van der Waals surface area contributed by atoms with Crippen molar-refractivity contribution in [1.29, 1.82) is 0 Å². The van der Waals surface area contributed by atoms with Gasteiger partial charge in [-0.25, -0.2) is 0 Å². The largest absolute Gasteiger partial charge is 0.393 e. The topological polar surface area (TPSA) is 67.2 Å². The van der Waals surface area contributed by atoms with Crippen LogP contribution in [0.2, 0.25) is 0 Å². The highest BCUT2D eigenvalue weighted by Gasteiger charge is 2.36. The first-order valence-electron chi connectivity index (χ1n) is 7.99. The third kappa shape index (κ3) is 3.15. The molecule has 0 bridgehead atoms. The maximum atomic E-state index is 12.8. The maximum Gasteiger partial charge on any atom is 0.252 e. The molecule has 1 saturated carbocycles. The Bertz CT molecular complexity index is 697. The highest BCUT2D eigenvalue weighted by Crippen LogP contribution is 2.38. The van der Waals surface area contributed by atoms with Gasteiger partial charge in [0.25, 0.3) is 5.91 Å². The second-order valence-electron chi connectivity index (χ2n) is 6.55. The van der Waals surface area contributed by atoms with Crippen LogP contribution in [-0.2, 0) is 7.05 Å². The summed E-state index contributed by atoms with van der Waals surface area (Å²) < 4.78 is 1.74. The van der Waals surface area contributed by atoms with E-state index in [1.54, 1.807) is 10.9 Å². The number of aromatic nitrogens is 2. The van der Waals surface area contributed by atoms with E-state index in [4.69, 9.17) is 0 Å². The lowest BCUT2D eigenvalue weighted by atomic mass is 9.75. The Labute approximate surface area is 136 Å². The molecule has 1 aromatic carbocycles. The lowest BCUT2D eigenvalue weighted by Gasteiger charge is -2.37. The van der Waals surface area contributed by atoms with E-state index in [1.165, 1.54) is 0 Å². The molecule has 1 amide bonds. The summed E-state index contributed by atoms with van der Waals surface area (Å²) in [4.78, 5) is 12.8. The number of carbonyl (C=O) groups excluding carboxylic acids is 1. The van der Waals surface area contributed by atoms with Gasteiger partial charge in [-0.15, -0.1) is 0 Å². The molecule has 5 nitrogen and oxygen atoms in total. The van der Waals surface area contributed by atoms with Crippen LogP contribution in [-0.4, -0.2) is 26.9 Å². The predicted molar refractivity (Wildman–Crippen MR) is 88.1 cm³/mol. The zero-order chi connectivity index (χ0) is 16.6. The molecule has 0 aliphatic heterocycles. The number of hydrogen-bond acceptors (Lipinski definition) is 3.